The fraction of sp³-hybridized carbons (Fsp3) is 0.364. The molecule has 0 saturated heterocycles. The normalized spacial score (nSPS) is 10.5. The van der Waals surface area contributed by atoms with Gasteiger partial charge in [0.05, 0.1) is 0 Å². The molecule has 0 radical (unpaired) electrons. The number of nitrogens with zero attached hydrogens (tertiary/aromatic N) is 1. The second kappa shape index (κ2) is 9.18. The number of rotatable bonds is 7. The molecule has 4 heteroatoms. The van der Waals surface area contributed by atoms with Crippen molar-refractivity contribution in [3.8, 4) is 0 Å². The summed E-state index contributed by atoms with van der Waals surface area (Å²) in [5.74, 6) is -0.129. The van der Waals surface area contributed by atoms with Gasteiger partial charge >= 0.3 is 0 Å². The molecular formula is C22H28N2O2. The second-order valence-electron chi connectivity index (χ2n) is 6.41. The molecule has 1 N–H and O–H groups in total. The number of anilines is 2. The first kappa shape index (κ1) is 19.7. The predicted octanol–water partition coefficient (Wildman–Crippen LogP) is 4.50. The van der Waals surface area contributed by atoms with E-state index < -0.39 is 0 Å². The van der Waals surface area contributed by atoms with Gasteiger partial charge in [-0.15, -0.1) is 0 Å². The summed E-state index contributed by atoms with van der Waals surface area (Å²) in [6, 6.07) is 13.9. The molecule has 138 valence electrons. The number of carbonyl (C=O) groups is 2. The topological polar surface area (TPSA) is 49.4 Å². The molecule has 0 unspecified atom stereocenters. The van der Waals surface area contributed by atoms with Gasteiger partial charge in [-0.05, 0) is 42.5 Å². The third-order valence-electron chi connectivity index (χ3n) is 4.61. The highest BCUT2D eigenvalue weighted by atomic mass is 16.2. The highest BCUT2D eigenvalue weighted by Crippen LogP contribution is 2.23. The minimum absolute atomic E-state index is 0.0599. The van der Waals surface area contributed by atoms with Crippen molar-refractivity contribution in [2.24, 2.45) is 0 Å². The number of hydrogen-bond donors (Lipinski definition) is 1. The number of nitrogens with one attached hydrogen (secondary N) is 1. The van der Waals surface area contributed by atoms with E-state index >= 15 is 0 Å². The Morgan fingerprint density at radius 3 is 2.12 bits per heavy atom. The van der Waals surface area contributed by atoms with E-state index in [1.807, 2.05) is 49.4 Å². The van der Waals surface area contributed by atoms with Crippen molar-refractivity contribution in [2.75, 3.05) is 16.8 Å². The summed E-state index contributed by atoms with van der Waals surface area (Å²) in [7, 11) is 0. The predicted molar refractivity (Wildman–Crippen MR) is 108 cm³/mol. The summed E-state index contributed by atoms with van der Waals surface area (Å²) in [5, 5.41) is 3.06. The van der Waals surface area contributed by atoms with Crippen LogP contribution in [0.4, 0.5) is 11.4 Å². The van der Waals surface area contributed by atoms with E-state index in [1.54, 1.807) is 4.90 Å². The average molecular weight is 352 g/mol. The molecule has 0 aliphatic heterocycles. The zero-order valence-corrected chi connectivity index (χ0v) is 16.1. The molecule has 0 atom stereocenters. The van der Waals surface area contributed by atoms with Gasteiger partial charge in [0.25, 0.3) is 0 Å². The number of benzene rings is 2. The fourth-order valence-corrected chi connectivity index (χ4v) is 3.13. The molecular weight excluding hydrogens is 324 g/mol. The molecule has 26 heavy (non-hydrogen) atoms. The number of hydrogen-bond acceptors (Lipinski definition) is 2. The molecule has 0 aliphatic carbocycles. The first-order valence-electron chi connectivity index (χ1n) is 9.22. The van der Waals surface area contributed by atoms with Crippen LogP contribution < -0.4 is 10.2 Å². The fourth-order valence-electron chi connectivity index (χ4n) is 3.13. The largest absolute Gasteiger partial charge is 0.326 e. The van der Waals surface area contributed by atoms with Gasteiger partial charge in [0.1, 0.15) is 0 Å². The Morgan fingerprint density at radius 1 is 0.962 bits per heavy atom. The maximum atomic E-state index is 12.5. The van der Waals surface area contributed by atoms with Gasteiger partial charge in [0.2, 0.25) is 11.8 Å². The number of amides is 2. The molecule has 0 aromatic heterocycles. The smallest absolute Gasteiger partial charge is 0.226 e. The van der Waals surface area contributed by atoms with Crippen molar-refractivity contribution < 1.29 is 9.59 Å². The first-order chi connectivity index (χ1) is 12.5. The minimum Gasteiger partial charge on any atom is -0.326 e. The van der Waals surface area contributed by atoms with Crippen molar-refractivity contribution in [2.45, 2.75) is 47.0 Å². The second-order valence-corrected chi connectivity index (χ2v) is 6.41. The van der Waals surface area contributed by atoms with Crippen LogP contribution in [0.3, 0.4) is 0 Å². The number of carbonyl (C=O) groups excluding carboxylic acids is 2. The van der Waals surface area contributed by atoms with Crippen LogP contribution in [0.2, 0.25) is 0 Å². The van der Waals surface area contributed by atoms with Crippen LogP contribution in [0.25, 0.3) is 0 Å². The molecule has 4 nitrogen and oxygen atoms in total. The highest BCUT2D eigenvalue weighted by molar-refractivity contribution is 5.96. The zero-order chi connectivity index (χ0) is 19.1. The van der Waals surface area contributed by atoms with Gasteiger partial charge in [0.15, 0.2) is 0 Å². The summed E-state index contributed by atoms with van der Waals surface area (Å²) in [6.07, 6.45) is 1.99. The van der Waals surface area contributed by atoms with Gasteiger partial charge in [-0.25, -0.2) is 0 Å². The number of para-hydroxylation sites is 2. The van der Waals surface area contributed by atoms with E-state index in [0.717, 1.165) is 40.9 Å². The van der Waals surface area contributed by atoms with E-state index in [1.165, 1.54) is 6.92 Å². The van der Waals surface area contributed by atoms with Crippen molar-refractivity contribution in [1.29, 1.82) is 0 Å². The molecule has 2 aromatic rings. The Kier molecular flexibility index (Phi) is 6.96. The monoisotopic (exact) mass is 352 g/mol. The van der Waals surface area contributed by atoms with Crippen LogP contribution in [-0.2, 0) is 22.4 Å². The molecule has 0 heterocycles. The lowest BCUT2D eigenvalue weighted by atomic mass is 10.0. The van der Waals surface area contributed by atoms with Gasteiger partial charge in [-0.2, -0.15) is 0 Å². The lowest BCUT2D eigenvalue weighted by Gasteiger charge is -2.23. The molecule has 0 spiro atoms. The van der Waals surface area contributed by atoms with Crippen LogP contribution in [0.15, 0.2) is 42.5 Å². The third kappa shape index (κ3) is 4.72. The van der Waals surface area contributed by atoms with Crippen molar-refractivity contribution in [1.82, 2.24) is 0 Å². The standard InChI is InChI=1S/C22H28N2O2/c1-5-18-11-9-12-19(6-2)22(18)23-21(26)14-15-24(17(4)25)20-13-8-7-10-16(20)3/h7-13H,5-6,14-15H2,1-4H3,(H,23,26). The molecule has 2 amide bonds. The molecule has 0 fully saturated rings. The quantitative estimate of drug-likeness (QED) is 0.797. The van der Waals surface area contributed by atoms with Crippen molar-refractivity contribution in [3.63, 3.8) is 0 Å². The van der Waals surface area contributed by atoms with Crippen LogP contribution in [-0.4, -0.2) is 18.4 Å². The lowest BCUT2D eigenvalue weighted by Crippen LogP contribution is -2.32. The Bertz CT molecular complexity index is 761. The van der Waals surface area contributed by atoms with E-state index in [4.69, 9.17) is 0 Å². The summed E-state index contributed by atoms with van der Waals surface area (Å²) in [4.78, 5) is 26.3. The van der Waals surface area contributed by atoms with Crippen LogP contribution in [0.5, 0.6) is 0 Å². The summed E-state index contributed by atoms with van der Waals surface area (Å²) in [5.41, 5.74) is 5.08. The van der Waals surface area contributed by atoms with E-state index in [2.05, 4.69) is 19.2 Å². The van der Waals surface area contributed by atoms with Crippen LogP contribution in [0.1, 0.15) is 43.9 Å². The Balaban J connectivity index is 2.11. The maximum absolute atomic E-state index is 12.5. The van der Waals surface area contributed by atoms with Crippen LogP contribution >= 0.6 is 0 Å². The van der Waals surface area contributed by atoms with Crippen molar-refractivity contribution >= 4 is 23.2 Å². The van der Waals surface area contributed by atoms with Crippen LogP contribution in [0, 0.1) is 6.92 Å². The summed E-state index contributed by atoms with van der Waals surface area (Å²) < 4.78 is 0. The lowest BCUT2D eigenvalue weighted by molar-refractivity contribution is -0.117. The molecule has 0 bridgehead atoms. The minimum atomic E-state index is -0.0690. The SMILES string of the molecule is CCc1cccc(CC)c1NC(=O)CCN(C(C)=O)c1ccccc1C. The van der Waals surface area contributed by atoms with E-state index in [0.29, 0.717) is 6.54 Å². The maximum Gasteiger partial charge on any atom is 0.226 e. The Hall–Kier alpha value is -2.62. The Labute approximate surface area is 156 Å². The zero-order valence-electron chi connectivity index (χ0n) is 16.1. The van der Waals surface area contributed by atoms with Gasteiger partial charge in [0, 0.05) is 31.3 Å². The first-order valence-corrected chi connectivity index (χ1v) is 9.22. The van der Waals surface area contributed by atoms with E-state index in [-0.39, 0.29) is 18.2 Å². The summed E-state index contributed by atoms with van der Waals surface area (Å²) >= 11 is 0. The average Bonchev–Trinajstić information content (AvgIpc) is 2.63. The molecule has 0 aliphatic rings. The van der Waals surface area contributed by atoms with Gasteiger partial charge < -0.3 is 10.2 Å². The number of aryl methyl sites for hydroxylation is 3. The molecule has 2 rings (SSSR count). The van der Waals surface area contributed by atoms with Gasteiger partial charge in [-0.3, -0.25) is 9.59 Å². The summed E-state index contributed by atoms with van der Waals surface area (Å²) in [6.45, 7) is 8.03. The Morgan fingerprint density at radius 2 is 1.58 bits per heavy atom. The third-order valence-corrected chi connectivity index (χ3v) is 4.61. The highest BCUT2D eigenvalue weighted by Gasteiger charge is 2.16. The van der Waals surface area contributed by atoms with Gasteiger partial charge in [-0.1, -0.05) is 50.2 Å². The molecule has 0 saturated carbocycles. The molecule has 2 aromatic carbocycles. The van der Waals surface area contributed by atoms with Crippen molar-refractivity contribution in [3.05, 3.63) is 59.2 Å². The van der Waals surface area contributed by atoms with E-state index in [9.17, 15) is 9.59 Å².